The first-order valence-electron chi connectivity index (χ1n) is 6.01. The second-order valence-electron chi connectivity index (χ2n) is 4.97. The largest absolute Gasteiger partial charge is 0.508 e. The van der Waals surface area contributed by atoms with Crippen LogP contribution in [0.3, 0.4) is 0 Å². The summed E-state index contributed by atoms with van der Waals surface area (Å²) in [5.41, 5.74) is 2.98. The maximum Gasteiger partial charge on any atom is 0.303 e. The third-order valence-electron chi connectivity index (χ3n) is 3.79. The van der Waals surface area contributed by atoms with Crippen molar-refractivity contribution in [2.75, 3.05) is 0 Å². The quantitative estimate of drug-likeness (QED) is 0.842. The van der Waals surface area contributed by atoms with Crippen LogP contribution in [0.15, 0.2) is 12.1 Å². The fourth-order valence-electron chi connectivity index (χ4n) is 2.45. The SMILES string of the molecule is Cc1c(O)ccc(C(CC(=O)O)C2CC2)c1C. The number of rotatable bonds is 4. The van der Waals surface area contributed by atoms with Crippen molar-refractivity contribution < 1.29 is 15.0 Å². The second kappa shape index (κ2) is 4.40. The van der Waals surface area contributed by atoms with E-state index in [1.54, 1.807) is 6.07 Å². The summed E-state index contributed by atoms with van der Waals surface area (Å²) >= 11 is 0. The molecule has 0 spiro atoms. The molecule has 0 aromatic heterocycles. The number of aliphatic carboxylic acids is 1. The van der Waals surface area contributed by atoms with Crippen molar-refractivity contribution in [3.8, 4) is 5.75 Å². The highest BCUT2D eigenvalue weighted by atomic mass is 16.4. The van der Waals surface area contributed by atoms with Gasteiger partial charge in [-0.25, -0.2) is 0 Å². The summed E-state index contributed by atoms with van der Waals surface area (Å²) < 4.78 is 0. The van der Waals surface area contributed by atoms with Gasteiger partial charge in [0.25, 0.3) is 0 Å². The van der Waals surface area contributed by atoms with Gasteiger partial charge in [0.2, 0.25) is 0 Å². The molecule has 1 aliphatic carbocycles. The number of hydrogen-bond acceptors (Lipinski definition) is 2. The topological polar surface area (TPSA) is 57.5 Å². The molecule has 0 radical (unpaired) electrons. The van der Waals surface area contributed by atoms with Gasteiger partial charge in [0.05, 0.1) is 6.42 Å². The number of carboxylic acid groups (broad SMARTS) is 1. The zero-order valence-corrected chi connectivity index (χ0v) is 10.2. The van der Waals surface area contributed by atoms with Crippen LogP contribution in [0.4, 0.5) is 0 Å². The van der Waals surface area contributed by atoms with Crippen molar-refractivity contribution in [3.05, 3.63) is 28.8 Å². The molecule has 0 amide bonds. The Morgan fingerprint density at radius 3 is 2.53 bits per heavy atom. The maximum atomic E-state index is 10.9. The van der Waals surface area contributed by atoms with Gasteiger partial charge in [-0.2, -0.15) is 0 Å². The average molecular weight is 234 g/mol. The predicted molar refractivity (Wildman–Crippen MR) is 65.3 cm³/mol. The molecule has 1 fully saturated rings. The van der Waals surface area contributed by atoms with E-state index in [0.717, 1.165) is 29.5 Å². The molecule has 2 rings (SSSR count). The van der Waals surface area contributed by atoms with Gasteiger partial charge in [-0.3, -0.25) is 4.79 Å². The minimum absolute atomic E-state index is 0.104. The van der Waals surface area contributed by atoms with Gasteiger partial charge in [-0.05, 0) is 61.3 Å². The molecule has 1 saturated carbocycles. The van der Waals surface area contributed by atoms with Gasteiger partial charge < -0.3 is 10.2 Å². The van der Waals surface area contributed by atoms with Crippen LogP contribution in [-0.2, 0) is 4.79 Å². The molecule has 3 heteroatoms. The monoisotopic (exact) mass is 234 g/mol. The summed E-state index contributed by atoms with van der Waals surface area (Å²) in [5, 5.41) is 18.6. The van der Waals surface area contributed by atoms with Crippen LogP contribution in [0, 0.1) is 19.8 Å². The van der Waals surface area contributed by atoms with Gasteiger partial charge >= 0.3 is 5.97 Å². The molecule has 17 heavy (non-hydrogen) atoms. The third kappa shape index (κ3) is 2.43. The molecule has 1 aromatic carbocycles. The van der Waals surface area contributed by atoms with E-state index in [4.69, 9.17) is 5.11 Å². The van der Waals surface area contributed by atoms with E-state index in [1.807, 2.05) is 19.9 Å². The van der Waals surface area contributed by atoms with E-state index in [1.165, 1.54) is 0 Å². The molecular formula is C14H18O3. The van der Waals surface area contributed by atoms with E-state index in [-0.39, 0.29) is 18.1 Å². The van der Waals surface area contributed by atoms with Crippen molar-refractivity contribution in [1.82, 2.24) is 0 Å². The highest BCUT2D eigenvalue weighted by Crippen LogP contribution is 2.46. The number of carboxylic acids is 1. The van der Waals surface area contributed by atoms with E-state index in [9.17, 15) is 9.90 Å². The molecule has 1 atom stereocenters. The molecule has 0 bridgehead atoms. The second-order valence-corrected chi connectivity index (χ2v) is 4.97. The lowest BCUT2D eigenvalue weighted by molar-refractivity contribution is -0.137. The number of hydrogen-bond donors (Lipinski definition) is 2. The Morgan fingerprint density at radius 2 is 2.00 bits per heavy atom. The van der Waals surface area contributed by atoms with Gasteiger partial charge in [0, 0.05) is 0 Å². The molecule has 0 aliphatic heterocycles. The first-order valence-corrected chi connectivity index (χ1v) is 6.01. The minimum Gasteiger partial charge on any atom is -0.508 e. The Balaban J connectivity index is 2.35. The zero-order valence-electron chi connectivity index (χ0n) is 10.2. The van der Waals surface area contributed by atoms with Crippen LogP contribution in [-0.4, -0.2) is 16.2 Å². The van der Waals surface area contributed by atoms with Gasteiger partial charge in [-0.15, -0.1) is 0 Å². The van der Waals surface area contributed by atoms with Crippen molar-refractivity contribution in [1.29, 1.82) is 0 Å². The van der Waals surface area contributed by atoms with Crippen LogP contribution in [0.5, 0.6) is 5.75 Å². The molecule has 1 unspecified atom stereocenters. The Kier molecular flexibility index (Phi) is 3.09. The van der Waals surface area contributed by atoms with Gasteiger partial charge in [-0.1, -0.05) is 6.07 Å². The van der Waals surface area contributed by atoms with Crippen LogP contribution in [0.25, 0.3) is 0 Å². The predicted octanol–water partition coefficient (Wildman–Crippen LogP) is 2.98. The summed E-state index contributed by atoms with van der Waals surface area (Å²) in [6.45, 7) is 3.83. The molecule has 1 aromatic rings. The van der Waals surface area contributed by atoms with E-state index in [0.29, 0.717) is 5.92 Å². The van der Waals surface area contributed by atoms with Crippen molar-refractivity contribution >= 4 is 5.97 Å². The molecule has 0 saturated heterocycles. The number of phenols is 1. The standard InChI is InChI=1S/C14H18O3/c1-8-9(2)13(15)6-5-11(8)12(7-14(16)17)10-3-4-10/h5-6,10,12,15H,3-4,7H2,1-2H3,(H,16,17). The average Bonchev–Trinajstić information content (AvgIpc) is 3.07. The molecule has 3 nitrogen and oxygen atoms in total. The smallest absolute Gasteiger partial charge is 0.303 e. The van der Waals surface area contributed by atoms with Gasteiger partial charge in [0.1, 0.15) is 5.75 Å². The molecular weight excluding hydrogens is 216 g/mol. The van der Waals surface area contributed by atoms with Crippen LogP contribution in [0.1, 0.15) is 41.9 Å². The normalized spacial score (nSPS) is 16.8. The van der Waals surface area contributed by atoms with E-state index >= 15 is 0 Å². The molecule has 0 heterocycles. The summed E-state index contributed by atoms with van der Waals surface area (Å²) in [5.74, 6) is 0.156. The number of benzene rings is 1. The zero-order chi connectivity index (χ0) is 12.6. The van der Waals surface area contributed by atoms with E-state index in [2.05, 4.69) is 0 Å². The number of aromatic hydroxyl groups is 1. The van der Waals surface area contributed by atoms with Crippen molar-refractivity contribution in [2.24, 2.45) is 5.92 Å². The fraction of sp³-hybridized carbons (Fsp3) is 0.500. The van der Waals surface area contributed by atoms with E-state index < -0.39 is 5.97 Å². The lowest BCUT2D eigenvalue weighted by atomic mass is 9.86. The maximum absolute atomic E-state index is 10.9. The molecule has 2 N–H and O–H groups in total. The Labute approximate surface area is 101 Å². The Bertz CT molecular complexity index is 447. The first-order chi connectivity index (χ1) is 8.00. The van der Waals surface area contributed by atoms with Crippen molar-refractivity contribution in [2.45, 2.75) is 39.0 Å². The lowest BCUT2D eigenvalue weighted by Gasteiger charge is -2.19. The van der Waals surface area contributed by atoms with Crippen LogP contribution < -0.4 is 0 Å². The summed E-state index contributed by atoms with van der Waals surface area (Å²) in [6.07, 6.45) is 2.43. The highest BCUT2D eigenvalue weighted by molar-refractivity contribution is 5.68. The first kappa shape index (κ1) is 12.0. The third-order valence-corrected chi connectivity index (χ3v) is 3.79. The van der Waals surface area contributed by atoms with Gasteiger partial charge in [0.15, 0.2) is 0 Å². The van der Waals surface area contributed by atoms with Crippen LogP contribution >= 0.6 is 0 Å². The van der Waals surface area contributed by atoms with Crippen LogP contribution in [0.2, 0.25) is 0 Å². The Hall–Kier alpha value is -1.51. The number of phenolic OH excluding ortho intramolecular Hbond substituents is 1. The molecule has 92 valence electrons. The summed E-state index contributed by atoms with van der Waals surface area (Å²) in [7, 11) is 0. The Morgan fingerprint density at radius 1 is 1.35 bits per heavy atom. The summed E-state index contributed by atoms with van der Waals surface area (Å²) in [6, 6.07) is 3.55. The fourth-order valence-corrected chi connectivity index (χ4v) is 2.45. The molecule has 1 aliphatic rings. The highest BCUT2D eigenvalue weighted by Gasteiger charge is 2.34. The minimum atomic E-state index is -0.743. The summed E-state index contributed by atoms with van der Waals surface area (Å²) in [4.78, 5) is 10.9. The van der Waals surface area contributed by atoms with Crippen molar-refractivity contribution in [3.63, 3.8) is 0 Å². The number of carbonyl (C=O) groups is 1. The lowest BCUT2D eigenvalue weighted by Crippen LogP contribution is -2.10.